The van der Waals surface area contributed by atoms with Crippen LogP contribution in [0.1, 0.15) is 11.8 Å². The summed E-state index contributed by atoms with van der Waals surface area (Å²) in [6.45, 7) is 0.665. The summed E-state index contributed by atoms with van der Waals surface area (Å²) in [5, 5.41) is 0. The molecule has 0 bridgehead atoms. The average molecular weight is 350 g/mol. The number of nitrogens with zero attached hydrogens (tertiary/aromatic N) is 3. The van der Waals surface area contributed by atoms with Gasteiger partial charge in [-0.2, -0.15) is 4.31 Å². The van der Waals surface area contributed by atoms with Crippen LogP contribution in [0.3, 0.4) is 0 Å². The standard InChI is InChI=1S/C15H18N4O4S/c1-22-11-2-4-12(5-3-11)24(20,21)19-8-9-23-13(10-19)14-15(16)18-7-6-17-14/h2-7,13H,8-10H2,1H3,(H2,16,18)/t13-/m0/s1. The molecule has 0 radical (unpaired) electrons. The Kier molecular flexibility index (Phi) is 4.65. The minimum Gasteiger partial charge on any atom is -0.497 e. The molecule has 1 aromatic heterocycles. The number of sulfonamides is 1. The van der Waals surface area contributed by atoms with Gasteiger partial charge in [0.15, 0.2) is 0 Å². The second kappa shape index (κ2) is 6.71. The van der Waals surface area contributed by atoms with Crippen molar-refractivity contribution in [2.75, 3.05) is 32.5 Å². The van der Waals surface area contributed by atoms with Crippen LogP contribution < -0.4 is 10.5 Å². The van der Waals surface area contributed by atoms with Crippen LogP contribution in [0.4, 0.5) is 5.82 Å². The summed E-state index contributed by atoms with van der Waals surface area (Å²) in [5.41, 5.74) is 6.26. The Morgan fingerprint density at radius 3 is 2.62 bits per heavy atom. The summed E-state index contributed by atoms with van der Waals surface area (Å²) < 4.78 is 37.7. The van der Waals surface area contributed by atoms with E-state index in [2.05, 4.69) is 9.97 Å². The molecule has 0 spiro atoms. The third-order valence-corrected chi connectivity index (χ3v) is 5.67. The normalized spacial score (nSPS) is 19.1. The molecule has 3 rings (SSSR count). The van der Waals surface area contributed by atoms with E-state index in [1.54, 1.807) is 12.1 Å². The van der Waals surface area contributed by atoms with E-state index in [9.17, 15) is 8.42 Å². The van der Waals surface area contributed by atoms with Gasteiger partial charge in [0, 0.05) is 25.5 Å². The van der Waals surface area contributed by atoms with Crippen molar-refractivity contribution in [2.24, 2.45) is 0 Å². The van der Waals surface area contributed by atoms with Crippen LogP contribution >= 0.6 is 0 Å². The molecule has 1 fully saturated rings. The van der Waals surface area contributed by atoms with Crippen molar-refractivity contribution >= 4 is 15.8 Å². The average Bonchev–Trinajstić information content (AvgIpc) is 2.62. The zero-order valence-corrected chi connectivity index (χ0v) is 13.9. The van der Waals surface area contributed by atoms with E-state index in [4.69, 9.17) is 15.2 Å². The Morgan fingerprint density at radius 1 is 1.25 bits per heavy atom. The Hall–Kier alpha value is -2.23. The maximum atomic E-state index is 12.8. The second-order valence-corrected chi connectivity index (χ2v) is 7.16. The lowest BCUT2D eigenvalue weighted by molar-refractivity contribution is -0.00465. The zero-order chi connectivity index (χ0) is 17.2. The third-order valence-electron chi connectivity index (χ3n) is 3.79. The number of benzene rings is 1. The number of aromatic nitrogens is 2. The summed E-state index contributed by atoms with van der Waals surface area (Å²) >= 11 is 0. The van der Waals surface area contributed by atoms with Gasteiger partial charge in [-0.25, -0.2) is 13.4 Å². The summed E-state index contributed by atoms with van der Waals surface area (Å²) in [7, 11) is -2.10. The molecule has 1 aliphatic heterocycles. The van der Waals surface area contributed by atoms with Crippen LogP contribution in [0, 0.1) is 0 Å². The van der Waals surface area contributed by atoms with Crippen LogP contribution in [-0.2, 0) is 14.8 Å². The van der Waals surface area contributed by atoms with Crippen molar-refractivity contribution in [2.45, 2.75) is 11.0 Å². The predicted molar refractivity (Wildman–Crippen MR) is 86.9 cm³/mol. The lowest BCUT2D eigenvalue weighted by atomic mass is 10.2. The molecule has 0 unspecified atom stereocenters. The molecule has 0 saturated carbocycles. The minimum atomic E-state index is -3.63. The van der Waals surface area contributed by atoms with Crippen LogP contribution in [0.2, 0.25) is 0 Å². The number of ether oxygens (including phenoxy) is 2. The Labute approximate surface area is 140 Å². The zero-order valence-electron chi connectivity index (χ0n) is 13.1. The number of nitrogen functional groups attached to an aromatic ring is 1. The number of rotatable bonds is 4. The van der Waals surface area contributed by atoms with Crippen molar-refractivity contribution < 1.29 is 17.9 Å². The fraction of sp³-hybridized carbons (Fsp3) is 0.333. The number of anilines is 1. The highest BCUT2D eigenvalue weighted by Crippen LogP contribution is 2.28. The van der Waals surface area contributed by atoms with Gasteiger partial charge in [0.2, 0.25) is 10.0 Å². The van der Waals surface area contributed by atoms with Crippen LogP contribution in [-0.4, -0.2) is 49.5 Å². The summed E-state index contributed by atoms with van der Waals surface area (Å²) in [4.78, 5) is 8.34. The summed E-state index contributed by atoms with van der Waals surface area (Å²) in [6.07, 6.45) is 2.44. The summed E-state index contributed by atoms with van der Waals surface area (Å²) in [5.74, 6) is 0.840. The van der Waals surface area contributed by atoms with Gasteiger partial charge in [0.1, 0.15) is 23.4 Å². The van der Waals surface area contributed by atoms with E-state index in [1.165, 1.54) is 35.9 Å². The third kappa shape index (κ3) is 3.18. The molecule has 128 valence electrons. The fourth-order valence-electron chi connectivity index (χ4n) is 2.51. The highest BCUT2D eigenvalue weighted by molar-refractivity contribution is 7.89. The topological polar surface area (TPSA) is 108 Å². The maximum absolute atomic E-state index is 12.8. The van der Waals surface area contributed by atoms with Gasteiger partial charge < -0.3 is 15.2 Å². The van der Waals surface area contributed by atoms with E-state index < -0.39 is 16.1 Å². The van der Waals surface area contributed by atoms with Crippen molar-refractivity contribution in [1.82, 2.24) is 14.3 Å². The van der Waals surface area contributed by atoms with Gasteiger partial charge in [-0.3, -0.25) is 4.98 Å². The molecule has 2 N–H and O–H groups in total. The molecule has 0 amide bonds. The van der Waals surface area contributed by atoms with E-state index >= 15 is 0 Å². The van der Waals surface area contributed by atoms with Gasteiger partial charge in [0.05, 0.1) is 18.6 Å². The highest BCUT2D eigenvalue weighted by atomic mass is 32.2. The van der Waals surface area contributed by atoms with E-state index in [0.717, 1.165) is 0 Å². The first-order valence-corrected chi connectivity index (χ1v) is 8.78. The summed E-state index contributed by atoms with van der Waals surface area (Å²) in [6, 6.07) is 6.28. The molecule has 8 nitrogen and oxygen atoms in total. The molecular formula is C15H18N4O4S. The van der Waals surface area contributed by atoms with Gasteiger partial charge in [0.25, 0.3) is 0 Å². The smallest absolute Gasteiger partial charge is 0.243 e. The molecule has 1 saturated heterocycles. The van der Waals surface area contributed by atoms with Crippen LogP contribution in [0.25, 0.3) is 0 Å². The highest BCUT2D eigenvalue weighted by Gasteiger charge is 2.33. The van der Waals surface area contributed by atoms with E-state index in [-0.39, 0.29) is 30.4 Å². The molecule has 1 aromatic carbocycles. The molecule has 1 atom stereocenters. The molecular weight excluding hydrogens is 332 g/mol. The lowest BCUT2D eigenvalue weighted by Crippen LogP contribution is -2.42. The first-order chi connectivity index (χ1) is 11.5. The maximum Gasteiger partial charge on any atom is 0.243 e. The molecule has 0 aliphatic carbocycles. The van der Waals surface area contributed by atoms with Gasteiger partial charge >= 0.3 is 0 Å². The number of methoxy groups -OCH3 is 1. The quantitative estimate of drug-likeness (QED) is 0.870. The Bertz CT molecular complexity index is 810. The number of hydrogen-bond acceptors (Lipinski definition) is 7. The second-order valence-electron chi connectivity index (χ2n) is 5.22. The van der Waals surface area contributed by atoms with Crippen LogP contribution in [0.15, 0.2) is 41.6 Å². The van der Waals surface area contributed by atoms with Crippen molar-refractivity contribution in [3.63, 3.8) is 0 Å². The van der Waals surface area contributed by atoms with E-state index in [0.29, 0.717) is 11.4 Å². The molecule has 9 heteroatoms. The lowest BCUT2D eigenvalue weighted by Gasteiger charge is -2.32. The van der Waals surface area contributed by atoms with Crippen molar-refractivity contribution in [3.8, 4) is 5.75 Å². The van der Waals surface area contributed by atoms with Crippen molar-refractivity contribution in [1.29, 1.82) is 0 Å². The fourth-order valence-corrected chi connectivity index (χ4v) is 3.94. The predicted octanol–water partition coefficient (Wildman–Crippen LogP) is 0.830. The van der Waals surface area contributed by atoms with Gasteiger partial charge in [-0.15, -0.1) is 0 Å². The van der Waals surface area contributed by atoms with Gasteiger partial charge in [-0.1, -0.05) is 0 Å². The van der Waals surface area contributed by atoms with Gasteiger partial charge in [-0.05, 0) is 24.3 Å². The molecule has 2 heterocycles. The SMILES string of the molecule is COc1ccc(S(=O)(=O)N2CCO[C@H](c3nccnc3N)C2)cc1. The molecule has 1 aliphatic rings. The first-order valence-electron chi connectivity index (χ1n) is 7.34. The first kappa shape index (κ1) is 16.6. The number of morpholine rings is 1. The Balaban J connectivity index is 1.84. The largest absolute Gasteiger partial charge is 0.497 e. The minimum absolute atomic E-state index is 0.136. The monoisotopic (exact) mass is 350 g/mol. The number of hydrogen-bond donors (Lipinski definition) is 1. The molecule has 24 heavy (non-hydrogen) atoms. The van der Waals surface area contributed by atoms with E-state index in [1.807, 2.05) is 0 Å². The number of nitrogens with two attached hydrogens (primary N) is 1. The molecule has 2 aromatic rings. The van der Waals surface area contributed by atoms with Crippen molar-refractivity contribution in [3.05, 3.63) is 42.4 Å². The Morgan fingerprint density at radius 2 is 1.96 bits per heavy atom. The van der Waals surface area contributed by atoms with Crippen LogP contribution in [0.5, 0.6) is 5.75 Å².